The summed E-state index contributed by atoms with van der Waals surface area (Å²) in [5.41, 5.74) is 0. The molecular weight excluding hydrogens is 168 g/mol. The van der Waals surface area contributed by atoms with Gasteiger partial charge in [0.15, 0.2) is 0 Å². The van der Waals surface area contributed by atoms with Crippen molar-refractivity contribution in [1.29, 1.82) is 0 Å². The fraction of sp³-hybridized carbons (Fsp3) is 1.00. The van der Waals surface area contributed by atoms with E-state index in [2.05, 4.69) is 27.7 Å². The van der Waals surface area contributed by atoms with Gasteiger partial charge in [0.05, 0.1) is 0 Å². The molecule has 1 aliphatic rings. The number of rotatable bonds is 5. The molecule has 0 amide bonds. The third kappa shape index (κ3) is 3.00. The second-order valence-electron chi connectivity index (χ2n) is 5.49. The highest BCUT2D eigenvalue weighted by Gasteiger charge is 2.30. The first kappa shape index (κ1) is 12.1. The third-order valence-electron chi connectivity index (χ3n) is 4.46. The van der Waals surface area contributed by atoms with E-state index in [-0.39, 0.29) is 0 Å². The Labute approximate surface area is 90.5 Å². The molecule has 0 saturated heterocycles. The highest BCUT2D eigenvalue weighted by atomic mass is 14.4. The zero-order chi connectivity index (χ0) is 10.6. The van der Waals surface area contributed by atoms with Crippen molar-refractivity contribution >= 4 is 0 Å². The Balaban J connectivity index is 2.44. The van der Waals surface area contributed by atoms with Crippen molar-refractivity contribution in [2.75, 3.05) is 0 Å². The Bertz CT molecular complexity index is 150. The summed E-state index contributed by atoms with van der Waals surface area (Å²) in [6, 6.07) is 0. The molecule has 0 nitrogen and oxygen atoms in total. The summed E-state index contributed by atoms with van der Waals surface area (Å²) in [6.45, 7) is 9.60. The molecule has 1 fully saturated rings. The van der Waals surface area contributed by atoms with Gasteiger partial charge in [0.1, 0.15) is 0 Å². The molecule has 0 spiro atoms. The minimum atomic E-state index is 0.938. The van der Waals surface area contributed by atoms with Crippen molar-refractivity contribution in [3.63, 3.8) is 0 Å². The maximum absolute atomic E-state index is 2.47. The Morgan fingerprint density at radius 1 is 1.14 bits per heavy atom. The lowest BCUT2D eigenvalue weighted by Gasteiger charge is -2.28. The van der Waals surface area contributed by atoms with Crippen LogP contribution in [0, 0.1) is 23.7 Å². The van der Waals surface area contributed by atoms with Gasteiger partial charge in [-0.25, -0.2) is 0 Å². The molecule has 0 bridgehead atoms. The van der Waals surface area contributed by atoms with E-state index < -0.39 is 0 Å². The van der Waals surface area contributed by atoms with Crippen LogP contribution in [0.5, 0.6) is 0 Å². The van der Waals surface area contributed by atoms with Crippen molar-refractivity contribution in [2.24, 2.45) is 23.7 Å². The van der Waals surface area contributed by atoms with Crippen LogP contribution in [0.25, 0.3) is 0 Å². The summed E-state index contributed by atoms with van der Waals surface area (Å²) in [6.07, 6.45) is 8.72. The Morgan fingerprint density at radius 2 is 1.86 bits per heavy atom. The normalized spacial score (nSPS) is 31.7. The average molecular weight is 196 g/mol. The summed E-state index contributed by atoms with van der Waals surface area (Å²) in [5, 5.41) is 0. The van der Waals surface area contributed by atoms with Crippen molar-refractivity contribution < 1.29 is 0 Å². The first-order valence-electron chi connectivity index (χ1n) is 6.69. The van der Waals surface area contributed by atoms with Crippen molar-refractivity contribution in [3.05, 3.63) is 0 Å². The molecule has 0 aromatic rings. The van der Waals surface area contributed by atoms with Crippen molar-refractivity contribution in [2.45, 2.75) is 66.2 Å². The van der Waals surface area contributed by atoms with E-state index in [4.69, 9.17) is 0 Å². The lowest BCUT2D eigenvalue weighted by atomic mass is 9.78. The largest absolute Gasteiger partial charge is 0.0651 e. The van der Waals surface area contributed by atoms with Crippen LogP contribution in [-0.2, 0) is 0 Å². The first-order chi connectivity index (χ1) is 6.69. The quantitative estimate of drug-likeness (QED) is 0.587. The lowest BCUT2D eigenvalue weighted by Crippen LogP contribution is -2.19. The van der Waals surface area contributed by atoms with Crippen molar-refractivity contribution in [3.8, 4) is 0 Å². The number of hydrogen-bond acceptors (Lipinski definition) is 0. The van der Waals surface area contributed by atoms with Gasteiger partial charge in [0.2, 0.25) is 0 Å². The minimum absolute atomic E-state index is 0.938. The predicted octanol–water partition coefficient (Wildman–Crippen LogP) is 4.89. The van der Waals surface area contributed by atoms with Gasteiger partial charge in [-0.2, -0.15) is 0 Å². The van der Waals surface area contributed by atoms with Gasteiger partial charge < -0.3 is 0 Å². The summed E-state index contributed by atoms with van der Waals surface area (Å²) in [4.78, 5) is 0. The van der Waals surface area contributed by atoms with Crippen LogP contribution in [0.4, 0.5) is 0 Å². The van der Waals surface area contributed by atoms with Gasteiger partial charge in [-0.1, -0.05) is 53.4 Å². The second-order valence-corrected chi connectivity index (χ2v) is 5.49. The van der Waals surface area contributed by atoms with E-state index in [1.807, 2.05) is 0 Å². The molecule has 1 aliphatic carbocycles. The predicted molar refractivity (Wildman–Crippen MR) is 64.4 cm³/mol. The molecule has 0 aliphatic heterocycles. The smallest absolute Gasteiger partial charge is 0.0360 e. The summed E-state index contributed by atoms with van der Waals surface area (Å²) in [5.74, 6) is 4.01. The minimum Gasteiger partial charge on any atom is -0.0651 e. The van der Waals surface area contributed by atoms with E-state index in [9.17, 15) is 0 Å². The third-order valence-corrected chi connectivity index (χ3v) is 4.46. The monoisotopic (exact) mass is 196 g/mol. The molecule has 1 rings (SSSR count). The highest BCUT2D eigenvalue weighted by Crippen LogP contribution is 2.40. The van der Waals surface area contributed by atoms with Crippen LogP contribution in [0.1, 0.15) is 66.2 Å². The lowest BCUT2D eigenvalue weighted by molar-refractivity contribution is 0.223. The van der Waals surface area contributed by atoms with Gasteiger partial charge >= 0.3 is 0 Å². The second kappa shape index (κ2) is 5.78. The van der Waals surface area contributed by atoms with E-state index >= 15 is 0 Å². The van der Waals surface area contributed by atoms with E-state index in [1.54, 1.807) is 0 Å². The molecule has 0 aromatic heterocycles. The van der Waals surface area contributed by atoms with Crippen molar-refractivity contribution in [1.82, 2.24) is 0 Å². The van der Waals surface area contributed by atoms with Crippen LogP contribution < -0.4 is 0 Å². The molecule has 4 unspecified atom stereocenters. The molecule has 84 valence electrons. The summed E-state index contributed by atoms with van der Waals surface area (Å²) >= 11 is 0. The highest BCUT2D eigenvalue weighted by molar-refractivity contribution is 4.80. The van der Waals surface area contributed by atoms with E-state index in [1.165, 1.54) is 38.5 Å². The van der Waals surface area contributed by atoms with Crippen LogP contribution in [0.15, 0.2) is 0 Å². The maximum Gasteiger partial charge on any atom is -0.0360 e. The Morgan fingerprint density at radius 3 is 2.29 bits per heavy atom. The molecular formula is C14H28. The molecule has 0 aromatic carbocycles. The SMILES string of the molecule is CCC(C)CC(CC)C1CCCC1C. The molecule has 0 radical (unpaired) electrons. The molecule has 1 saturated carbocycles. The molecule has 14 heavy (non-hydrogen) atoms. The summed E-state index contributed by atoms with van der Waals surface area (Å²) < 4.78 is 0. The van der Waals surface area contributed by atoms with Gasteiger partial charge in [0.25, 0.3) is 0 Å². The van der Waals surface area contributed by atoms with Gasteiger partial charge in [0, 0.05) is 0 Å². The summed E-state index contributed by atoms with van der Waals surface area (Å²) in [7, 11) is 0. The molecule has 0 heteroatoms. The van der Waals surface area contributed by atoms with Gasteiger partial charge in [-0.15, -0.1) is 0 Å². The molecule has 0 heterocycles. The number of hydrogen-bond donors (Lipinski definition) is 0. The zero-order valence-corrected chi connectivity index (χ0v) is 10.6. The average Bonchev–Trinajstić information content (AvgIpc) is 2.60. The Kier molecular flexibility index (Phi) is 4.98. The maximum atomic E-state index is 2.47. The van der Waals surface area contributed by atoms with Crippen LogP contribution in [-0.4, -0.2) is 0 Å². The van der Waals surface area contributed by atoms with Crippen LogP contribution in [0.2, 0.25) is 0 Å². The van der Waals surface area contributed by atoms with E-state index in [0.717, 1.165) is 23.7 Å². The van der Waals surface area contributed by atoms with Crippen LogP contribution in [0.3, 0.4) is 0 Å². The molecule has 0 N–H and O–H groups in total. The van der Waals surface area contributed by atoms with Crippen LogP contribution >= 0.6 is 0 Å². The van der Waals surface area contributed by atoms with Gasteiger partial charge in [-0.3, -0.25) is 0 Å². The molecule has 4 atom stereocenters. The standard InChI is InChI=1S/C14H28/c1-5-11(3)10-13(6-2)14-9-7-8-12(14)4/h11-14H,5-10H2,1-4H3. The topological polar surface area (TPSA) is 0 Å². The first-order valence-corrected chi connectivity index (χ1v) is 6.69. The zero-order valence-electron chi connectivity index (χ0n) is 10.6. The fourth-order valence-corrected chi connectivity index (χ4v) is 3.20. The Hall–Kier alpha value is 0. The van der Waals surface area contributed by atoms with Gasteiger partial charge in [-0.05, 0) is 36.5 Å². The van der Waals surface area contributed by atoms with E-state index in [0.29, 0.717) is 0 Å². The fourth-order valence-electron chi connectivity index (χ4n) is 3.20.